The van der Waals surface area contributed by atoms with Crippen molar-refractivity contribution in [3.8, 4) is 5.75 Å². The van der Waals surface area contributed by atoms with Crippen molar-refractivity contribution in [2.45, 2.75) is 31.1 Å². The number of nitrogens with zero attached hydrogens (tertiary/aromatic N) is 3. The van der Waals surface area contributed by atoms with E-state index in [0.717, 1.165) is 5.01 Å². The Labute approximate surface area is 181 Å². The predicted molar refractivity (Wildman–Crippen MR) is 118 cm³/mol. The molecule has 0 bridgehead atoms. The molecule has 0 atom stereocenters. The molecule has 1 N–H and O–H groups in total. The number of hydrogen-bond donors (Lipinski definition) is 1. The van der Waals surface area contributed by atoms with Crippen LogP contribution in [0.1, 0.15) is 30.5 Å². The van der Waals surface area contributed by atoms with E-state index >= 15 is 0 Å². The Morgan fingerprint density at radius 3 is 2.57 bits per heavy atom. The van der Waals surface area contributed by atoms with E-state index in [-0.39, 0.29) is 17.2 Å². The third kappa shape index (κ3) is 5.18. The first kappa shape index (κ1) is 22.7. The van der Waals surface area contributed by atoms with Gasteiger partial charge in [0.05, 0.1) is 34.8 Å². The summed E-state index contributed by atoms with van der Waals surface area (Å²) in [5.41, 5.74) is 1.03. The largest absolute Gasteiger partial charge is 0.495 e. The topological polar surface area (TPSA) is 91.8 Å². The molecule has 2 aromatic rings. The minimum absolute atomic E-state index is 0.113. The number of rotatable bonds is 7. The maximum absolute atomic E-state index is 13.0. The van der Waals surface area contributed by atoms with Crippen LogP contribution in [0.5, 0.6) is 5.75 Å². The Hall–Kier alpha value is -2.01. The van der Waals surface area contributed by atoms with Gasteiger partial charge >= 0.3 is 0 Å². The fourth-order valence-electron chi connectivity index (χ4n) is 3.15. The second-order valence-corrected chi connectivity index (χ2v) is 10.5. The number of piperazine rings is 1. The molecule has 0 saturated carbocycles. The fraction of sp³-hybridized carbons (Fsp3) is 0.500. The van der Waals surface area contributed by atoms with E-state index in [1.54, 1.807) is 6.07 Å². The average molecular weight is 453 g/mol. The van der Waals surface area contributed by atoms with Gasteiger partial charge < -0.3 is 15.0 Å². The molecule has 2 heterocycles. The van der Waals surface area contributed by atoms with Crippen molar-refractivity contribution in [1.82, 2.24) is 14.2 Å². The number of benzene rings is 1. The summed E-state index contributed by atoms with van der Waals surface area (Å²) in [6, 6.07) is 4.54. The van der Waals surface area contributed by atoms with Crippen molar-refractivity contribution in [3.05, 3.63) is 34.3 Å². The Kier molecular flexibility index (Phi) is 7.12. The molecule has 10 heteroatoms. The van der Waals surface area contributed by atoms with E-state index in [4.69, 9.17) is 4.74 Å². The lowest BCUT2D eigenvalue weighted by Crippen LogP contribution is -2.47. The number of ether oxygens (including phenoxy) is 1. The highest BCUT2D eigenvalue weighted by atomic mass is 32.2. The minimum atomic E-state index is -3.64. The molecule has 164 valence electrons. The number of hydrogen-bond acceptors (Lipinski definition) is 7. The number of thiazole rings is 1. The molecule has 0 spiro atoms. The summed E-state index contributed by atoms with van der Waals surface area (Å²) in [5, 5.41) is 5.64. The molecule has 1 fully saturated rings. The summed E-state index contributed by atoms with van der Waals surface area (Å²) in [4.78, 5) is 19.3. The number of sulfonamides is 1. The molecule has 0 aliphatic carbocycles. The standard InChI is InChI=1S/C20H28N4O4S2/c1-14(2)20-21-15(13-29-20)11-19(25)22-17-12-16(5-6-18(17)28-4)30(26,27)24-9-7-23(3)8-10-24/h5-6,12-14H,7-11H2,1-4H3,(H,22,25). The highest BCUT2D eigenvalue weighted by molar-refractivity contribution is 7.89. The maximum atomic E-state index is 13.0. The maximum Gasteiger partial charge on any atom is 0.243 e. The number of carbonyl (C=O) groups excluding carboxylic acids is 1. The third-order valence-corrected chi connectivity index (χ3v) is 8.04. The number of methoxy groups -OCH3 is 1. The zero-order chi connectivity index (χ0) is 21.9. The summed E-state index contributed by atoms with van der Waals surface area (Å²) in [7, 11) is -0.194. The number of amides is 1. The minimum Gasteiger partial charge on any atom is -0.495 e. The summed E-state index contributed by atoms with van der Waals surface area (Å²) in [6.45, 7) is 6.36. The summed E-state index contributed by atoms with van der Waals surface area (Å²) in [6.07, 6.45) is 0.113. The van der Waals surface area contributed by atoms with Crippen LogP contribution in [0.4, 0.5) is 5.69 Å². The Balaban J connectivity index is 1.77. The van der Waals surface area contributed by atoms with Gasteiger partial charge in [0.1, 0.15) is 5.75 Å². The van der Waals surface area contributed by atoms with Crippen LogP contribution in [0.25, 0.3) is 0 Å². The monoisotopic (exact) mass is 452 g/mol. The molecule has 1 aliphatic heterocycles. The van der Waals surface area contributed by atoms with Gasteiger partial charge in [-0.2, -0.15) is 4.31 Å². The summed E-state index contributed by atoms with van der Waals surface area (Å²) in [5.74, 6) is 0.438. The summed E-state index contributed by atoms with van der Waals surface area (Å²) < 4.78 is 32.9. The van der Waals surface area contributed by atoms with Gasteiger partial charge in [-0.15, -0.1) is 11.3 Å². The predicted octanol–water partition coefficient (Wildman–Crippen LogP) is 2.39. The van der Waals surface area contributed by atoms with Gasteiger partial charge in [0.2, 0.25) is 15.9 Å². The molecule has 1 aliphatic rings. The van der Waals surface area contributed by atoms with Crippen molar-refractivity contribution in [2.24, 2.45) is 0 Å². The van der Waals surface area contributed by atoms with Crippen LogP contribution >= 0.6 is 11.3 Å². The molecule has 8 nitrogen and oxygen atoms in total. The molecule has 30 heavy (non-hydrogen) atoms. The van der Waals surface area contributed by atoms with Crippen LogP contribution in [-0.4, -0.2) is 68.9 Å². The molecule has 3 rings (SSSR count). The Morgan fingerprint density at radius 2 is 1.97 bits per heavy atom. The molecular weight excluding hydrogens is 424 g/mol. The Bertz CT molecular complexity index is 996. The normalized spacial score (nSPS) is 16.0. The Morgan fingerprint density at radius 1 is 1.27 bits per heavy atom. The molecule has 1 aromatic carbocycles. The second kappa shape index (κ2) is 9.42. The van der Waals surface area contributed by atoms with Gasteiger partial charge in [-0.1, -0.05) is 13.8 Å². The van der Waals surface area contributed by atoms with Crippen molar-refractivity contribution in [3.63, 3.8) is 0 Å². The number of nitrogens with one attached hydrogen (secondary N) is 1. The van der Waals surface area contributed by atoms with E-state index in [2.05, 4.69) is 29.0 Å². The number of anilines is 1. The molecule has 0 unspecified atom stereocenters. The van der Waals surface area contributed by atoms with E-state index in [1.165, 1.54) is 34.9 Å². The van der Waals surface area contributed by atoms with Crippen molar-refractivity contribution in [1.29, 1.82) is 0 Å². The van der Waals surface area contributed by atoms with E-state index < -0.39 is 10.0 Å². The van der Waals surface area contributed by atoms with E-state index in [9.17, 15) is 13.2 Å². The molecule has 1 amide bonds. The highest BCUT2D eigenvalue weighted by Gasteiger charge is 2.28. The van der Waals surface area contributed by atoms with Gasteiger partial charge in [-0.25, -0.2) is 13.4 Å². The summed E-state index contributed by atoms with van der Waals surface area (Å²) >= 11 is 1.53. The van der Waals surface area contributed by atoms with Crippen LogP contribution in [0, 0.1) is 0 Å². The van der Waals surface area contributed by atoms with Gasteiger partial charge in [0.15, 0.2) is 0 Å². The van der Waals surface area contributed by atoms with Crippen molar-refractivity contribution < 1.29 is 17.9 Å². The second-order valence-electron chi connectivity index (χ2n) is 7.63. The lowest BCUT2D eigenvalue weighted by Gasteiger charge is -2.31. The van der Waals surface area contributed by atoms with Crippen molar-refractivity contribution in [2.75, 3.05) is 45.7 Å². The highest BCUT2D eigenvalue weighted by Crippen LogP contribution is 2.29. The first-order valence-corrected chi connectivity index (χ1v) is 12.1. The average Bonchev–Trinajstić information content (AvgIpc) is 3.17. The fourth-order valence-corrected chi connectivity index (χ4v) is 5.43. The molecule has 0 radical (unpaired) electrons. The lowest BCUT2D eigenvalue weighted by molar-refractivity contribution is -0.115. The van der Waals surface area contributed by atoms with Crippen molar-refractivity contribution >= 4 is 33.0 Å². The number of likely N-dealkylation sites (N-methyl/N-ethyl adjacent to an activating group) is 1. The van der Waals surface area contributed by atoms with Gasteiger partial charge in [0.25, 0.3) is 0 Å². The van der Waals surface area contributed by atoms with E-state index in [1.807, 2.05) is 12.4 Å². The zero-order valence-electron chi connectivity index (χ0n) is 17.7. The van der Waals surface area contributed by atoms with Crippen LogP contribution in [0.3, 0.4) is 0 Å². The first-order chi connectivity index (χ1) is 14.2. The SMILES string of the molecule is COc1ccc(S(=O)(=O)N2CCN(C)CC2)cc1NC(=O)Cc1csc(C(C)C)n1. The molecule has 1 saturated heterocycles. The molecular formula is C20H28N4O4S2. The van der Waals surface area contributed by atoms with Crippen LogP contribution in [0.15, 0.2) is 28.5 Å². The van der Waals surface area contributed by atoms with Gasteiger partial charge in [-0.3, -0.25) is 4.79 Å². The van der Waals surface area contributed by atoms with E-state index in [0.29, 0.717) is 49.2 Å². The van der Waals surface area contributed by atoms with Crippen LogP contribution in [0.2, 0.25) is 0 Å². The first-order valence-electron chi connectivity index (χ1n) is 9.81. The third-order valence-electron chi connectivity index (χ3n) is 4.95. The van der Waals surface area contributed by atoms with Crippen LogP contribution in [-0.2, 0) is 21.2 Å². The zero-order valence-corrected chi connectivity index (χ0v) is 19.3. The van der Waals surface area contributed by atoms with Gasteiger partial charge in [-0.05, 0) is 25.2 Å². The molecule has 1 aromatic heterocycles. The van der Waals surface area contributed by atoms with Gasteiger partial charge in [0, 0.05) is 37.5 Å². The number of aromatic nitrogens is 1. The lowest BCUT2D eigenvalue weighted by atomic mass is 10.2. The quantitative estimate of drug-likeness (QED) is 0.694. The smallest absolute Gasteiger partial charge is 0.243 e. The van der Waals surface area contributed by atoms with Crippen LogP contribution < -0.4 is 10.1 Å². The number of carbonyl (C=O) groups is 1.